The molecule has 226 valence electrons. The van der Waals surface area contributed by atoms with E-state index in [2.05, 4.69) is 24.9 Å². The molecule has 3 aliphatic rings. The molecule has 4 atom stereocenters. The van der Waals surface area contributed by atoms with Crippen molar-refractivity contribution >= 4 is 47.4 Å². The van der Waals surface area contributed by atoms with Gasteiger partial charge in [0.15, 0.2) is 0 Å². The largest absolute Gasteiger partial charge is 0.507 e. The SMILES string of the molecule is COC(=O)N1C(=O)[C@@H]2[C@@H](CC(C(C)C)=C3[C@@H](CC/C(=C/c4ccc(O)c5ccccc45)c4ccccn4)OB(O)C[C@@H]32)C1=O. The van der Waals surface area contributed by atoms with Crippen molar-refractivity contribution in [1.29, 1.82) is 0 Å². The number of phenolic OH excluding ortho intramolecular Hbond substituents is 1. The number of imide groups is 3. The zero-order chi connectivity index (χ0) is 31.1. The third-order valence-corrected chi connectivity index (χ3v) is 9.23. The summed E-state index contributed by atoms with van der Waals surface area (Å²) < 4.78 is 10.9. The fraction of sp³-hybridized carbons (Fsp3) is 0.353. The molecule has 0 bridgehead atoms. The summed E-state index contributed by atoms with van der Waals surface area (Å²) >= 11 is 0. The van der Waals surface area contributed by atoms with Gasteiger partial charge in [0.25, 0.3) is 0 Å². The summed E-state index contributed by atoms with van der Waals surface area (Å²) in [4.78, 5) is 44.4. The Balaban J connectivity index is 1.37. The molecule has 0 unspecified atom stereocenters. The molecule has 1 aliphatic carbocycles. The Morgan fingerprint density at radius 1 is 1.09 bits per heavy atom. The minimum Gasteiger partial charge on any atom is -0.507 e. The number of methoxy groups -OCH3 is 1. The van der Waals surface area contributed by atoms with Crippen LogP contribution in [-0.2, 0) is 19.0 Å². The summed E-state index contributed by atoms with van der Waals surface area (Å²) in [6, 6.07) is 17.0. The number of hydrogen-bond donors (Lipinski definition) is 2. The quantitative estimate of drug-likeness (QED) is 0.218. The highest BCUT2D eigenvalue weighted by Crippen LogP contribution is 2.52. The fourth-order valence-corrected chi connectivity index (χ4v) is 7.25. The van der Waals surface area contributed by atoms with Gasteiger partial charge >= 0.3 is 13.2 Å². The number of pyridine rings is 1. The lowest BCUT2D eigenvalue weighted by Gasteiger charge is -2.44. The average Bonchev–Trinajstić information content (AvgIpc) is 3.28. The summed E-state index contributed by atoms with van der Waals surface area (Å²) in [5.74, 6) is -2.70. The van der Waals surface area contributed by atoms with Crippen molar-refractivity contribution in [2.75, 3.05) is 7.11 Å². The molecule has 3 heterocycles. The van der Waals surface area contributed by atoms with E-state index >= 15 is 0 Å². The second-order valence-corrected chi connectivity index (χ2v) is 12.0. The Labute approximate surface area is 256 Å². The first-order chi connectivity index (χ1) is 21.2. The van der Waals surface area contributed by atoms with Gasteiger partial charge in [-0.2, -0.15) is 4.90 Å². The Morgan fingerprint density at radius 2 is 1.84 bits per heavy atom. The lowest BCUT2D eigenvalue weighted by molar-refractivity contribution is -0.137. The van der Waals surface area contributed by atoms with E-state index in [1.54, 1.807) is 12.3 Å². The van der Waals surface area contributed by atoms with Crippen LogP contribution in [0.1, 0.15) is 44.4 Å². The molecule has 0 radical (unpaired) electrons. The first-order valence-corrected chi connectivity index (χ1v) is 15.0. The zero-order valence-corrected chi connectivity index (χ0v) is 25.0. The summed E-state index contributed by atoms with van der Waals surface area (Å²) in [6.07, 6.45) is 3.90. The number of hydrogen-bond acceptors (Lipinski definition) is 8. The average molecular weight is 594 g/mol. The van der Waals surface area contributed by atoms with Gasteiger partial charge in [-0.1, -0.05) is 55.8 Å². The van der Waals surface area contributed by atoms with E-state index in [-0.39, 0.29) is 18.0 Å². The molecule has 0 spiro atoms. The van der Waals surface area contributed by atoms with Gasteiger partial charge in [-0.05, 0) is 83.8 Å². The van der Waals surface area contributed by atoms with Gasteiger partial charge in [-0.25, -0.2) is 4.79 Å². The van der Waals surface area contributed by atoms with Crippen molar-refractivity contribution in [3.63, 3.8) is 0 Å². The van der Waals surface area contributed by atoms with Gasteiger partial charge < -0.3 is 19.5 Å². The summed E-state index contributed by atoms with van der Waals surface area (Å²) in [6.45, 7) is 4.10. The Morgan fingerprint density at radius 3 is 2.55 bits per heavy atom. The summed E-state index contributed by atoms with van der Waals surface area (Å²) in [5, 5.41) is 23.0. The number of likely N-dealkylation sites (tertiary alicyclic amines) is 1. The monoisotopic (exact) mass is 594 g/mol. The molecule has 3 aromatic rings. The van der Waals surface area contributed by atoms with E-state index in [0.29, 0.717) is 24.2 Å². The van der Waals surface area contributed by atoms with Crippen molar-refractivity contribution in [1.82, 2.24) is 9.88 Å². The summed E-state index contributed by atoms with van der Waals surface area (Å²) in [5.41, 5.74) is 4.67. The maximum Gasteiger partial charge on any atom is 0.455 e. The number of rotatable bonds is 6. The molecular formula is C34H35BN2O7. The second kappa shape index (κ2) is 12.0. The number of allylic oxidation sites excluding steroid dienone is 2. The predicted molar refractivity (Wildman–Crippen MR) is 166 cm³/mol. The fourth-order valence-electron chi connectivity index (χ4n) is 7.25. The van der Waals surface area contributed by atoms with Crippen molar-refractivity contribution in [3.8, 4) is 5.75 Å². The molecule has 2 fully saturated rings. The Bertz CT molecular complexity index is 1690. The van der Waals surface area contributed by atoms with Crippen molar-refractivity contribution in [2.24, 2.45) is 23.7 Å². The Kier molecular flexibility index (Phi) is 8.13. The molecule has 9 nitrogen and oxygen atoms in total. The van der Waals surface area contributed by atoms with Gasteiger partial charge in [0, 0.05) is 11.6 Å². The lowest BCUT2D eigenvalue weighted by Crippen LogP contribution is -2.46. The molecule has 0 saturated carbocycles. The molecule has 6 rings (SSSR count). The predicted octanol–water partition coefficient (Wildman–Crippen LogP) is 5.48. The maximum atomic E-state index is 13.5. The number of fused-ring (bicyclic) bond motifs is 4. The molecule has 10 heteroatoms. The van der Waals surface area contributed by atoms with Crippen molar-refractivity contribution < 1.29 is 33.9 Å². The minimum absolute atomic E-state index is 0.0686. The van der Waals surface area contributed by atoms with Crippen molar-refractivity contribution in [3.05, 3.63) is 83.2 Å². The highest BCUT2D eigenvalue weighted by Gasteiger charge is 2.59. The van der Waals surface area contributed by atoms with Crippen LogP contribution in [0.2, 0.25) is 6.32 Å². The van der Waals surface area contributed by atoms with Crippen molar-refractivity contribution in [2.45, 2.75) is 45.5 Å². The number of phenols is 1. The van der Waals surface area contributed by atoms with Crippen LogP contribution in [0, 0.1) is 23.7 Å². The minimum atomic E-state index is -1.13. The number of carbonyl (C=O) groups is 3. The highest BCUT2D eigenvalue weighted by atomic mass is 16.5. The van der Waals surface area contributed by atoms with E-state index < -0.39 is 48.9 Å². The number of ether oxygens (including phenoxy) is 1. The zero-order valence-electron chi connectivity index (χ0n) is 25.0. The van der Waals surface area contributed by atoms with Crippen LogP contribution in [-0.4, -0.2) is 58.3 Å². The molecule has 2 aliphatic heterocycles. The van der Waals surface area contributed by atoms with Crippen LogP contribution in [0.25, 0.3) is 22.4 Å². The standard InChI is InChI=1S/C34H35BN2O7/c1-19(2)24-17-25-31(33(40)37(32(25)39)34(41)43-3)26-18-35(42)44-29(30(24)26)14-12-21(27-10-6-7-15-36-27)16-20-11-13-28(38)23-9-5-4-8-22(20)23/h4-11,13,15-16,19,25-26,29,31,38,42H,12,14,17-18H2,1-3H3/b21-16-/t25-,26+,29-,31-/m1/s1. The second-order valence-electron chi connectivity index (χ2n) is 12.0. The summed E-state index contributed by atoms with van der Waals surface area (Å²) in [7, 11) is 0.0232. The molecule has 3 amide bonds. The molecule has 1 aromatic heterocycles. The van der Waals surface area contributed by atoms with E-state index in [9.17, 15) is 24.5 Å². The normalized spacial score (nSPS) is 23.8. The number of nitrogens with zero attached hydrogens (tertiary/aromatic N) is 2. The van der Waals surface area contributed by atoms with Crippen LogP contribution in [0.3, 0.4) is 0 Å². The Hall–Kier alpha value is -4.28. The van der Waals surface area contributed by atoms with Gasteiger partial charge in [0.05, 0.1) is 30.7 Å². The molecule has 2 aromatic carbocycles. The first-order valence-electron chi connectivity index (χ1n) is 15.0. The van der Waals surface area contributed by atoms with Gasteiger partial charge in [-0.15, -0.1) is 0 Å². The molecule has 44 heavy (non-hydrogen) atoms. The molecular weight excluding hydrogens is 559 g/mol. The van der Waals surface area contributed by atoms with Crippen LogP contribution in [0.5, 0.6) is 5.75 Å². The van der Waals surface area contributed by atoms with E-state index in [1.807, 2.05) is 48.5 Å². The molecule has 2 N–H and O–H groups in total. The number of amides is 3. The number of aromatic hydroxyl groups is 1. The van der Waals surface area contributed by atoms with E-state index in [0.717, 1.165) is 45.9 Å². The number of benzene rings is 2. The van der Waals surface area contributed by atoms with Gasteiger partial charge in [-0.3, -0.25) is 14.6 Å². The topological polar surface area (TPSA) is 126 Å². The van der Waals surface area contributed by atoms with E-state index in [1.165, 1.54) is 0 Å². The molecule has 2 saturated heterocycles. The number of aromatic nitrogens is 1. The van der Waals surface area contributed by atoms with Crippen LogP contribution >= 0.6 is 0 Å². The third kappa shape index (κ3) is 5.22. The van der Waals surface area contributed by atoms with Crippen LogP contribution in [0.4, 0.5) is 4.79 Å². The first kappa shape index (κ1) is 29.8. The lowest BCUT2D eigenvalue weighted by atomic mass is 9.57. The smallest absolute Gasteiger partial charge is 0.455 e. The third-order valence-electron chi connectivity index (χ3n) is 9.23. The van der Waals surface area contributed by atoms with Crippen LogP contribution < -0.4 is 0 Å². The van der Waals surface area contributed by atoms with Crippen LogP contribution in [0.15, 0.2) is 71.9 Å². The maximum absolute atomic E-state index is 13.5. The number of carbonyl (C=O) groups excluding carboxylic acids is 3. The van der Waals surface area contributed by atoms with Gasteiger partial charge in [0.1, 0.15) is 5.75 Å². The highest BCUT2D eigenvalue weighted by molar-refractivity contribution is 6.43. The van der Waals surface area contributed by atoms with E-state index in [4.69, 9.17) is 9.39 Å². The van der Waals surface area contributed by atoms with Gasteiger partial charge in [0.2, 0.25) is 11.8 Å².